The third-order valence-corrected chi connectivity index (χ3v) is 2.95. The number of nitriles is 1. The summed E-state index contributed by atoms with van der Waals surface area (Å²) in [5.74, 6) is 1.18. The number of hydrogen-bond donors (Lipinski definition) is 0. The molecule has 0 saturated heterocycles. The molecule has 1 rings (SSSR count). The van der Waals surface area contributed by atoms with E-state index in [2.05, 4.69) is 24.3 Å². The molecule has 0 heterocycles. The van der Waals surface area contributed by atoms with Gasteiger partial charge < -0.3 is 4.90 Å². The normalized spacial score (nSPS) is 9.67. The molecule has 0 fully saturated rings. The average molecular weight is 220 g/mol. The Hall–Kier alpha value is -1.14. The van der Waals surface area contributed by atoms with Gasteiger partial charge >= 0.3 is 0 Å². The van der Waals surface area contributed by atoms with Crippen LogP contribution in [0.2, 0.25) is 0 Å². The minimum atomic E-state index is 0.726. The average Bonchev–Trinajstić information content (AvgIpc) is 2.29. The Labute approximate surface area is 95.9 Å². The van der Waals surface area contributed by atoms with Gasteiger partial charge in [0.05, 0.1) is 11.6 Å². The van der Waals surface area contributed by atoms with E-state index in [4.69, 9.17) is 5.26 Å². The van der Waals surface area contributed by atoms with Crippen LogP contribution in [0.1, 0.15) is 12.0 Å². The molecule has 2 nitrogen and oxygen atoms in total. The first kappa shape index (κ1) is 11.9. The zero-order valence-corrected chi connectivity index (χ0v) is 10.0. The van der Waals surface area contributed by atoms with E-state index in [1.54, 1.807) is 0 Å². The lowest BCUT2D eigenvalue weighted by atomic mass is 10.2. The van der Waals surface area contributed by atoms with Crippen molar-refractivity contribution in [1.82, 2.24) is 0 Å². The molecule has 0 bridgehead atoms. The molecule has 80 valence electrons. The monoisotopic (exact) mass is 220 g/mol. The highest BCUT2D eigenvalue weighted by Gasteiger charge is 2.00. The Morgan fingerprint density at radius 1 is 1.47 bits per heavy atom. The molecule has 3 heteroatoms. The summed E-state index contributed by atoms with van der Waals surface area (Å²) in [5.41, 5.74) is 1.85. The summed E-state index contributed by atoms with van der Waals surface area (Å²) in [6.45, 7) is 1.04. The quantitative estimate of drug-likeness (QED) is 0.714. The van der Waals surface area contributed by atoms with Crippen LogP contribution in [0.25, 0.3) is 0 Å². The molecular formula is C12H16N2S. The highest BCUT2D eigenvalue weighted by atomic mass is 32.2. The lowest BCUT2D eigenvalue weighted by Crippen LogP contribution is -2.18. The van der Waals surface area contributed by atoms with Gasteiger partial charge in [0.25, 0.3) is 0 Å². The van der Waals surface area contributed by atoms with Gasteiger partial charge in [0, 0.05) is 19.3 Å². The van der Waals surface area contributed by atoms with E-state index < -0.39 is 0 Å². The SMILES string of the molecule is CSCCCN(C)c1cccc(C#N)c1. The van der Waals surface area contributed by atoms with Gasteiger partial charge in [0.2, 0.25) is 0 Å². The van der Waals surface area contributed by atoms with Crippen molar-refractivity contribution in [3.05, 3.63) is 29.8 Å². The maximum absolute atomic E-state index is 8.79. The Bertz CT molecular complexity index is 344. The van der Waals surface area contributed by atoms with Crippen LogP contribution in [0, 0.1) is 11.3 Å². The third-order valence-electron chi connectivity index (χ3n) is 2.26. The van der Waals surface area contributed by atoms with Gasteiger partial charge in [-0.05, 0) is 36.6 Å². The van der Waals surface area contributed by atoms with Crippen LogP contribution < -0.4 is 4.90 Å². The number of rotatable bonds is 5. The number of anilines is 1. The molecule has 0 aliphatic heterocycles. The molecule has 0 aliphatic carbocycles. The van der Waals surface area contributed by atoms with Gasteiger partial charge in [0.1, 0.15) is 0 Å². The molecular weight excluding hydrogens is 204 g/mol. The van der Waals surface area contributed by atoms with E-state index >= 15 is 0 Å². The van der Waals surface area contributed by atoms with Crippen molar-refractivity contribution < 1.29 is 0 Å². The van der Waals surface area contributed by atoms with E-state index in [9.17, 15) is 0 Å². The number of thioether (sulfide) groups is 1. The van der Waals surface area contributed by atoms with E-state index in [0.29, 0.717) is 0 Å². The fourth-order valence-electron chi connectivity index (χ4n) is 1.39. The van der Waals surface area contributed by atoms with Crippen molar-refractivity contribution >= 4 is 17.4 Å². The van der Waals surface area contributed by atoms with Crippen LogP contribution in [0.4, 0.5) is 5.69 Å². The summed E-state index contributed by atoms with van der Waals surface area (Å²) < 4.78 is 0. The van der Waals surface area contributed by atoms with Crippen molar-refractivity contribution in [2.75, 3.05) is 30.5 Å². The van der Waals surface area contributed by atoms with Crippen LogP contribution in [0.3, 0.4) is 0 Å². The topological polar surface area (TPSA) is 27.0 Å². The zero-order chi connectivity index (χ0) is 11.1. The van der Waals surface area contributed by atoms with E-state index in [-0.39, 0.29) is 0 Å². The largest absolute Gasteiger partial charge is 0.375 e. The maximum atomic E-state index is 8.79. The molecule has 0 atom stereocenters. The standard InChI is InChI=1S/C12H16N2S/c1-14(7-4-8-15-2)12-6-3-5-11(9-12)10-13/h3,5-6,9H,4,7-8H2,1-2H3. The lowest BCUT2D eigenvalue weighted by Gasteiger charge is -2.19. The minimum absolute atomic E-state index is 0.726. The van der Waals surface area contributed by atoms with Gasteiger partial charge in [-0.25, -0.2) is 0 Å². The first-order valence-electron chi connectivity index (χ1n) is 4.98. The molecule has 0 N–H and O–H groups in total. The fraction of sp³-hybridized carbons (Fsp3) is 0.417. The molecule has 15 heavy (non-hydrogen) atoms. The molecule has 0 aliphatic rings. The Balaban J connectivity index is 2.57. The molecule has 1 aromatic carbocycles. The Kier molecular flexibility index (Phi) is 5.06. The number of nitrogens with zero attached hydrogens (tertiary/aromatic N) is 2. The van der Waals surface area contributed by atoms with Crippen molar-refractivity contribution in [2.24, 2.45) is 0 Å². The second-order valence-electron chi connectivity index (χ2n) is 3.43. The summed E-state index contributed by atoms with van der Waals surface area (Å²) in [5, 5.41) is 8.79. The van der Waals surface area contributed by atoms with Gasteiger partial charge in [-0.1, -0.05) is 6.07 Å². The summed E-state index contributed by atoms with van der Waals surface area (Å²) >= 11 is 1.87. The number of benzene rings is 1. The zero-order valence-electron chi connectivity index (χ0n) is 9.23. The predicted molar refractivity (Wildman–Crippen MR) is 67.4 cm³/mol. The third kappa shape index (κ3) is 3.85. The van der Waals surface area contributed by atoms with Crippen LogP contribution in [0.5, 0.6) is 0 Å². The van der Waals surface area contributed by atoms with E-state index in [0.717, 1.165) is 17.8 Å². The Morgan fingerprint density at radius 3 is 2.93 bits per heavy atom. The first-order valence-corrected chi connectivity index (χ1v) is 6.37. The highest BCUT2D eigenvalue weighted by Crippen LogP contribution is 2.14. The summed E-state index contributed by atoms with van der Waals surface area (Å²) in [4.78, 5) is 2.19. The van der Waals surface area contributed by atoms with Crippen molar-refractivity contribution in [3.63, 3.8) is 0 Å². The molecule has 0 unspecified atom stereocenters. The predicted octanol–water partition coefficient (Wildman–Crippen LogP) is 2.75. The van der Waals surface area contributed by atoms with E-state index in [1.807, 2.05) is 36.0 Å². The first-order chi connectivity index (χ1) is 7.27. The fourth-order valence-corrected chi connectivity index (χ4v) is 1.81. The van der Waals surface area contributed by atoms with Crippen LogP contribution >= 0.6 is 11.8 Å². The van der Waals surface area contributed by atoms with Crippen LogP contribution in [-0.4, -0.2) is 25.6 Å². The molecule has 0 amide bonds. The molecule has 0 spiro atoms. The molecule has 1 aromatic rings. The van der Waals surface area contributed by atoms with Gasteiger partial charge in [-0.15, -0.1) is 0 Å². The van der Waals surface area contributed by atoms with Crippen molar-refractivity contribution in [1.29, 1.82) is 5.26 Å². The minimum Gasteiger partial charge on any atom is -0.375 e. The lowest BCUT2D eigenvalue weighted by molar-refractivity contribution is 0.860. The highest BCUT2D eigenvalue weighted by molar-refractivity contribution is 7.98. The second kappa shape index (κ2) is 6.36. The maximum Gasteiger partial charge on any atom is 0.0992 e. The molecule has 0 saturated carbocycles. The van der Waals surface area contributed by atoms with Gasteiger partial charge in [-0.2, -0.15) is 17.0 Å². The van der Waals surface area contributed by atoms with Gasteiger partial charge in [0.15, 0.2) is 0 Å². The van der Waals surface area contributed by atoms with Crippen LogP contribution in [-0.2, 0) is 0 Å². The second-order valence-corrected chi connectivity index (χ2v) is 4.42. The molecule has 0 radical (unpaired) electrons. The summed E-state index contributed by atoms with van der Waals surface area (Å²) in [6.07, 6.45) is 3.30. The van der Waals surface area contributed by atoms with Gasteiger partial charge in [-0.3, -0.25) is 0 Å². The summed E-state index contributed by atoms with van der Waals surface area (Å²) in [7, 11) is 2.07. The van der Waals surface area contributed by atoms with Crippen molar-refractivity contribution in [3.8, 4) is 6.07 Å². The Morgan fingerprint density at radius 2 is 2.27 bits per heavy atom. The smallest absolute Gasteiger partial charge is 0.0992 e. The molecule has 0 aromatic heterocycles. The number of hydrogen-bond acceptors (Lipinski definition) is 3. The van der Waals surface area contributed by atoms with Crippen LogP contribution in [0.15, 0.2) is 24.3 Å². The van der Waals surface area contributed by atoms with E-state index in [1.165, 1.54) is 12.2 Å². The summed E-state index contributed by atoms with van der Waals surface area (Å²) in [6, 6.07) is 9.89. The van der Waals surface area contributed by atoms with Crippen molar-refractivity contribution in [2.45, 2.75) is 6.42 Å².